The third-order valence-electron chi connectivity index (χ3n) is 3.40. The molecule has 0 amide bonds. The van der Waals surface area contributed by atoms with E-state index in [1.54, 1.807) is 13.8 Å². The topological polar surface area (TPSA) is 82.0 Å². The number of hydrogen-bond donors (Lipinski definition) is 0. The smallest absolute Gasteiger partial charge is 0.338 e. The van der Waals surface area contributed by atoms with E-state index in [9.17, 15) is 13.2 Å². The number of benzene rings is 1. The van der Waals surface area contributed by atoms with Crippen LogP contribution in [0.15, 0.2) is 16.1 Å². The van der Waals surface area contributed by atoms with Crippen molar-refractivity contribution in [2.24, 2.45) is 5.16 Å². The van der Waals surface area contributed by atoms with Crippen molar-refractivity contribution in [3.63, 3.8) is 0 Å². The predicted molar refractivity (Wildman–Crippen MR) is 82.4 cm³/mol. The fraction of sp³-hybridized carbons (Fsp3) is 0.429. The Morgan fingerprint density at radius 3 is 2.73 bits per heavy atom. The quantitative estimate of drug-likeness (QED) is 0.620. The van der Waals surface area contributed by atoms with Gasteiger partial charge in [0.2, 0.25) is 0 Å². The molecule has 120 valence electrons. The molecule has 0 radical (unpaired) electrons. The van der Waals surface area contributed by atoms with E-state index in [2.05, 4.69) is 5.16 Å². The van der Waals surface area contributed by atoms with E-state index in [-0.39, 0.29) is 34.3 Å². The fourth-order valence-electron chi connectivity index (χ4n) is 2.46. The van der Waals surface area contributed by atoms with Gasteiger partial charge in [-0.05, 0) is 25.5 Å². The van der Waals surface area contributed by atoms with E-state index in [0.717, 1.165) is 0 Å². The molecule has 1 aliphatic rings. The highest BCUT2D eigenvalue weighted by Crippen LogP contribution is 2.36. The maximum atomic E-state index is 12.3. The molecule has 22 heavy (non-hydrogen) atoms. The summed E-state index contributed by atoms with van der Waals surface area (Å²) in [6.07, 6.45) is 0.201. The van der Waals surface area contributed by atoms with E-state index < -0.39 is 15.8 Å². The number of oxime groups is 1. The molecule has 0 aromatic heterocycles. The van der Waals surface area contributed by atoms with E-state index in [0.29, 0.717) is 16.8 Å². The highest BCUT2D eigenvalue weighted by Gasteiger charge is 2.34. The lowest BCUT2D eigenvalue weighted by atomic mass is 9.97. The van der Waals surface area contributed by atoms with Crippen LogP contribution >= 0.6 is 11.6 Å². The Kier molecular flexibility index (Phi) is 4.77. The van der Waals surface area contributed by atoms with Gasteiger partial charge in [0.25, 0.3) is 0 Å². The summed E-state index contributed by atoms with van der Waals surface area (Å²) in [4.78, 5) is 16.8. The molecule has 0 saturated heterocycles. The van der Waals surface area contributed by atoms with Crippen LogP contribution in [0, 0.1) is 6.92 Å². The first-order valence-electron chi connectivity index (χ1n) is 6.66. The van der Waals surface area contributed by atoms with Crippen molar-refractivity contribution in [2.75, 3.05) is 19.5 Å². The molecule has 8 heteroatoms. The summed E-state index contributed by atoms with van der Waals surface area (Å²) >= 11 is 6.13. The summed E-state index contributed by atoms with van der Waals surface area (Å²) in [5, 5.41) is 3.87. The standard InChI is InChI=1S/C14H16ClNO5S/c1-4-21-14(17)9-7-10(15)13-12(8(9)2)11(16-20-3)5-6-22(13,18)19/h7H,4-6H2,1-3H3/b16-11+. The van der Waals surface area contributed by atoms with Crippen LogP contribution < -0.4 is 0 Å². The Morgan fingerprint density at radius 1 is 1.45 bits per heavy atom. The van der Waals surface area contributed by atoms with Crippen LogP contribution in [0.4, 0.5) is 0 Å². The molecule has 0 atom stereocenters. The molecule has 1 heterocycles. The van der Waals surface area contributed by atoms with Gasteiger partial charge in [0, 0.05) is 12.0 Å². The first-order valence-corrected chi connectivity index (χ1v) is 8.69. The Bertz CT molecular complexity index is 755. The van der Waals surface area contributed by atoms with Gasteiger partial charge in [0.1, 0.15) is 7.11 Å². The second-order valence-electron chi connectivity index (χ2n) is 4.74. The van der Waals surface area contributed by atoms with Gasteiger partial charge in [-0.15, -0.1) is 0 Å². The van der Waals surface area contributed by atoms with Crippen molar-refractivity contribution in [3.8, 4) is 0 Å². The van der Waals surface area contributed by atoms with Crippen LogP contribution in [-0.2, 0) is 19.4 Å². The van der Waals surface area contributed by atoms with Gasteiger partial charge in [0.15, 0.2) is 9.84 Å². The van der Waals surface area contributed by atoms with Crippen molar-refractivity contribution >= 4 is 33.1 Å². The van der Waals surface area contributed by atoms with Gasteiger partial charge in [-0.1, -0.05) is 16.8 Å². The number of hydrogen-bond acceptors (Lipinski definition) is 6. The van der Waals surface area contributed by atoms with Crippen LogP contribution in [0.25, 0.3) is 0 Å². The Hall–Kier alpha value is -1.60. The van der Waals surface area contributed by atoms with Crippen LogP contribution in [0.1, 0.15) is 34.8 Å². The van der Waals surface area contributed by atoms with Crippen LogP contribution in [-0.4, -0.2) is 39.6 Å². The minimum Gasteiger partial charge on any atom is -0.462 e. The molecule has 0 fully saturated rings. The molecule has 0 saturated carbocycles. The number of rotatable bonds is 3. The second kappa shape index (κ2) is 6.26. The summed E-state index contributed by atoms with van der Waals surface area (Å²) in [7, 11) is -2.14. The first kappa shape index (κ1) is 16.8. The molecule has 6 nitrogen and oxygen atoms in total. The lowest BCUT2D eigenvalue weighted by Gasteiger charge is -2.22. The Morgan fingerprint density at radius 2 is 2.14 bits per heavy atom. The third-order valence-corrected chi connectivity index (χ3v) is 5.60. The molecule has 1 aliphatic heterocycles. The second-order valence-corrected chi connectivity index (χ2v) is 7.20. The van der Waals surface area contributed by atoms with Crippen LogP contribution in [0.3, 0.4) is 0 Å². The number of esters is 1. The maximum Gasteiger partial charge on any atom is 0.338 e. The van der Waals surface area contributed by atoms with E-state index in [4.69, 9.17) is 21.2 Å². The molecule has 1 aromatic carbocycles. The van der Waals surface area contributed by atoms with Crippen LogP contribution in [0.5, 0.6) is 0 Å². The zero-order valence-corrected chi connectivity index (χ0v) is 14.0. The van der Waals surface area contributed by atoms with E-state index in [1.807, 2.05) is 0 Å². The van der Waals surface area contributed by atoms with Crippen molar-refractivity contribution < 1.29 is 22.8 Å². The first-order chi connectivity index (χ1) is 10.3. The van der Waals surface area contributed by atoms with Gasteiger partial charge in [-0.2, -0.15) is 0 Å². The Balaban J connectivity index is 2.79. The average molecular weight is 346 g/mol. The lowest BCUT2D eigenvalue weighted by Crippen LogP contribution is -2.25. The minimum atomic E-state index is -3.52. The Labute approximate surface area is 134 Å². The molecular formula is C14H16ClNO5S. The number of carbonyl (C=O) groups excluding carboxylic acids is 1. The number of halogens is 1. The van der Waals surface area contributed by atoms with Gasteiger partial charge >= 0.3 is 5.97 Å². The summed E-state index contributed by atoms with van der Waals surface area (Å²) in [6, 6.07) is 1.33. The number of ether oxygens (including phenoxy) is 1. The van der Waals surface area contributed by atoms with Crippen molar-refractivity contribution in [1.29, 1.82) is 0 Å². The summed E-state index contributed by atoms with van der Waals surface area (Å²) in [5.74, 6) is -0.649. The largest absolute Gasteiger partial charge is 0.462 e. The van der Waals surface area contributed by atoms with Gasteiger partial charge in [-0.3, -0.25) is 0 Å². The molecule has 1 aromatic rings. The van der Waals surface area contributed by atoms with Crippen molar-refractivity contribution in [1.82, 2.24) is 0 Å². The highest BCUT2D eigenvalue weighted by molar-refractivity contribution is 7.91. The monoisotopic (exact) mass is 345 g/mol. The van der Waals surface area contributed by atoms with Gasteiger partial charge in [0.05, 0.1) is 33.6 Å². The fourth-order valence-corrected chi connectivity index (χ4v) is 4.62. The normalized spacial score (nSPS) is 17.9. The molecule has 0 aliphatic carbocycles. The summed E-state index contributed by atoms with van der Waals surface area (Å²) in [5.41, 5.74) is 1.49. The zero-order valence-electron chi connectivity index (χ0n) is 12.5. The molecule has 0 bridgehead atoms. The van der Waals surface area contributed by atoms with E-state index >= 15 is 0 Å². The average Bonchev–Trinajstić information content (AvgIpc) is 2.44. The SMILES string of the molecule is CCOC(=O)c1cc(Cl)c2c(c1C)/C(=N/OC)CCS2(=O)=O. The maximum absolute atomic E-state index is 12.3. The minimum absolute atomic E-state index is 0.00163. The lowest BCUT2D eigenvalue weighted by molar-refractivity contribution is 0.0525. The number of fused-ring (bicyclic) bond motifs is 1. The number of nitrogens with zero attached hydrogens (tertiary/aromatic N) is 1. The van der Waals surface area contributed by atoms with Crippen molar-refractivity contribution in [3.05, 3.63) is 27.8 Å². The van der Waals surface area contributed by atoms with Gasteiger partial charge < -0.3 is 9.57 Å². The van der Waals surface area contributed by atoms with Gasteiger partial charge in [-0.25, -0.2) is 13.2 Å². The highest BCUT2D eigenvalue weighted by atomic mass is 35.5. The van der Waals surface area contributed by atoms with Crippen LogP contribution in [0.2, 0.25) is 5.02 Å². The van der Waals surface area contributed by atoms with Crippen molar-refractivity contribution in [2.45, 2.75) is 25.2 Å². The summed E-state index contributed by atoms with van der Waals surface area (Å²) in [6.45, 7) is 3.55. The molecule has 0 spiro atoms. The number of sulfone groups is 1. The number of carbonyl (C=O) groups is 1. The predicted octanol–water partition coefficient (Wildman–Crippen LogP) is 2.35. The summed E-state index contributed by atoms with van der Waals surface area (Å²) < 4.78 is 29.6. The molecular weight excluding hydrogens is 330 g/mol. The zero-order chi connectivity index (χ0) is 16.5. The third kappa shape index (κ3) is 2.83. The van der Waals surface area contributed by atoms with E-state index in [1.165, 1.54) is 13.2 Å². The molecule has 0 N–H and O–H groups in total. The molecule has 2 rings (SSSR count). The molecule has 0 unspecified atom stereocenters.